The second kappa shape index (κ2) is 6.31. The van der Waals surface area contributed by atoms with Crippen LogP contribution in [-0.2, 0) is 6.42 Å². The third-order valence-electron chi connectivity index (χ3n) is 4.43. The molecule has 122 valence electrons. The molecule has 1 unspecified atom stereocenters. The molecule has 0 bridgehead atoms. The topological polar surface area (TPSA) is 64.2 Å². The smallest absolute Gasteiger partial charge is 0.289 e. The van der Waals surface area contributed by atoms with E-state index in [2.05, 4.69) is 10.2 Å². The Balaban J connectivity index is 1.45. The molecular formula is C18H18N4O2. The van der Waals surface area contributed by atoms with E-state index in [4.69, 9.17) is 4.42 Å². The van der Waals surface area contributed by atoms with Crippen molar-refractivity contribution in [2.75, 3.05) is 13.1 Å². The first kappa shape index (κ1) is 14.7. The molecule has 1 aromatic carbocycles. The Morgan fingerprint density at radius 1 is 1.21 bits per heavy atom. The van der Waals surface area contributed by atoms with Crippen LogP contribution in [0.25, 0.3) is 5.69 Å². The van der Waals surface area contributed by atoms with Gasteiger partial charge in [-0.15, -0.1) is 10.2 Å². The fourth-order valence-electron chi connectivity index (χ4n) is 3.20. The number of likely N-dealkylation sites (tertiary alicyclic amines) is 1. The number of furan rings is 1. The van der Waals surface area contributed by atoms with Crippen LogP contribution in [0.1, 0.15) is 22.8 Å². The summed E-state index contributed by atoms with van der Waals surface area (Å²) in [4.78, 5) is 14.2. The van der Waals surface area contributed by atoms with Gasteiger partial charge in [0, 0.05) is 25.2 Å². The number of carbonyl (C=O) groups excluding carboxylic acids is 1. The van der Waals surface area contributed by atoms with Gasteiger partial charge in [-0.25, -0.2) is 0 Å². The number of hydrogen-bond donors (Lipinski definition) is 0. The summed E-state index contributed by atoms with van der Waals surface area (Å²) in [6, 6.07) is 13.5. The first-order valence-corrected chi connectivity index (χ1v) is 8.08. The van der Waals surface area contributed by atoms with Crippen LogP contribution in [0.4, 0.5) is 0 Å². The van der Waals surface area contributed by atoms with Crippen molar-refractivity contribution in [1.82, 2.24) is 19.7 Å². The van der Waals surface area contributed by atoms with Gasteiger partial charge in [-0.2, -0.15) is 0 Å². The highest BCUT2D eigenvalue weighted by Crippen LogP contribution is 2.23. The van der Waals surface area contributed by atoms with E-state index in [0.29, 0.717) is 11.7 Å². The van der Waals surface area contributed by atoms with Crippen LogP contribution in [0.5, 0.6) is 0 Å². The standard InChI is InChI=1S/C18H18N4O2/c23-18(16-7-4-10-24-16)21-9-8-14(12-21)11-17-20-19-13-22(17)15-5-2-1-3-6-15/h1-7,10,13-14H,8-9,11-12H2. The molecule has 1 aliphatic heterocycles. The fraction of sp³-hybridized carbons (Fsp3) is 0.278. The number of benzene rings is 1. The maximum absolute atomic E-state index is 12.3. The van der Waals surface area contributed by atoms with E-state index in [0.717, 1.165) is 37.4 Å². The summed E-state index contributed by atoms with van der Waals surface area (Å²) in [5.74, 6) is 1.68. The molecule has 6 heteroatoms. The van der Waals surface area contributed by atoms with Crippen LogP contribution in [0.3, 0.4) is 0 Å². The Labute approximate surface area is 139 Å². The van der Waals surface area contributed by atoms with Crippen molar-refractivity contribution in [2.45, 2.75) is 12.8 Å². The van der Waals surface area contributed by atoms with Crippen molar-refractivity contribution in [3.8, 4) is 5.69 Å². The molecule has 2 aromatic heterocycles. The van der Waals surface area contributed by atoms with E-state index in [9.17, 15) is 4.79 Å². The normalized spacial score (nSPS) is 17.3. The van der Waals surface area contributed by atoms with E-state index in [-0.39, 0.29) is 5.91 Å². The Morgan fingerprint density at radius 3 is 2.88 bits per heavy atom. The van der Waals surface area contributed by atoms with E-state index < -0.39 is 0 Å². The average molecular weight is 322 g/mol. The third-order valence-corrected chi connectivity index (χ3v) is 4.43. The molecule has 0 radical (unpaired) electrons. The van der Waals surface area contributed by atoms with Crippen LogP contribution < -0.4 is 0 Å². The first-order valence-electron chi connectivity index (χ1n) is 8.08. The lowest BCUT2D eigenvalue weighted by atomic mass is 10.0. The van der Waals surface area contributed by atoms with Crippen molar-refractivity contribution in [2.24, 2.45) is 5.92 Å². The largest absolute Gasteiger partial charge is 0.459 e. The van der Waals surface area contributed by atoms with Gasteiger partial charge in [-0.1, -0.05) is 18.2 Å². The molecule has 3 aromatic rings. The summed E-state index contributed by atoms with van der Waals surface area (Å²) in [7, 11) is 0. The molecular weight excluding hydrogens is 304 g/mol. The van der Waals surface area contributed by atoms with Gasteiger partial charge in [0.2, 0.25) is 0 Å². The number of carbonyl (C=O) groups is 1. The first-order chi connectivity index (χ1) is 11.8. The zero-order valence-corrected chi connectivity index (χ0v) is 13.2. The Hall–Kier alpha value is -2.89. The highest BCUT2D eigenvalue weighted by atomic mass is 16.3. The zero-order valence-electron chi connectivity index (χ0n) is 13.2. The minimum Gasteiger partial charge on any atom is -0.459 e. The van der Waals surface area contributed by atoms with Crippen molar-refractivity contribution in [1.29, 1.82) is 0 Å². The highest BCUT2D eigenvalue weighted by Gasteiger charge is 2.29. The van der Waals surface area contributed by atoms with Gasteiger partial charge >= 0.3 is 0 Å². The molecule has 4 rings (SSSR count). The van der Waals surface area contributed by atoms with Crippen molar-refractivity contribution < 1.29 is 9.21 Å². The van der Waals surface area contributed by atoms with Crippen LogP contribution in [0.15, 0.2) is 59.5 Å². The monoisotopic (exact) mass is 322 g/mol. The summed E-state index contributed by atoms with van der Waals surface area (Å²) in [6.45, 7) is 1.48. The van der Waals surface area contributed by atoms with Crippen LogP contribution >= 0.6 is 0 Å². The predicted molar refractivity (Wildman–Crippen MR) is 87.8 cm³/mol. The Bertz CT molecular complexity index is 811. The molecule has 3 heterocycles. The SMILES string of the molecule is O=C(c1ccco1)N1CCC(Cc2nncn2-c2ccccc2)C1. The average Bonchev–Trinajstić information content (AvgIpc) is 3.37. The van der Waals surface area contributed by atoms with E-state index in [1.807, 2.05) is 39.8 Å². The summed E-state index contributed by atoms with van der Waals surface area (Å²) in [6.07, 6.45) is 5.04. The number of aromatic nitrogens is 3. The molecule has 1 atom stereocenters. The summed E-state index contributed by atoms with van der Waals surface area (Å²) < 4.78 is 7.22. The van der Waals surface area contributed by atoms with Gasteiger partial charge in [0.25, 0.3) is 5.91 Å². The summed E-state index contributed by atoms with van der Waals surface area (Å²) >= 11 is 0. The molecule has 1 saturated heterocycles. The van der Waals surface area contributed by atoms with Gasteiger partial charge in [0.1, 0.15) is 12.2 Å². The molecule has 24 heavy (non-hydrogen) atoms. The molecule has 0 aliphatic carbocycles. The molecule has 1 amide bonds. The zero-order chi connectivity index (χ0) is 16.4. The quantitative estimate of drug-likeness (QED) is 0.740. The number of nitrogens with zero attached hydrogens (tertiary/aromatic N) is 4. The molecule has 0 saturated carbocycles. The minimum absolute atomic E-state index is 0.0352. The lowest BCUT2D eigenvalue weighted by molar-refractivity contribution is 0.0755. The number of para-hydroxylation sites is 1. The summed E-state index contributed by atoms with van der Waals surface area (Å²) in [5.41, 5.74) is 1.05. The predicted octanol–water partition coefficient (Wildman–Crippen LogP) is 2.57. The Kier molecular flexibility index (Phi) is 3.86. The van der Waals surface area contributed by atoms with Crippen LogP contribution in [0, 0.1) is 5.92 Å². The molecule has 1 aliphatic rings. The van der Waals surface area contributed by atoms with Crippen molar-refractivity contribution in [3.63, 3.8) is 0 Å². The number of amides is 1. The summed E-state index contributed by atoms with van der Waals surface area (Å²) in [5, 5.41) is 8.32. The van der Waals surface area contributed by atoms with E-state index >= 15 is 0 Å². The lowest BCUT2D eigenvalue weighted by Crippen LogP contribution is -2.28. The molecule has 1 fully saturated rings. The van der Waals surface area contributed by atoms with E-state index in [1.165, 1.54) is 6.26 Å². The van der Waals surface area contributed by atoms with Crippen molar-refractivity contribution >= 4 is 5.91 Å². The van der Waals surface area contributed by atoms with Gasteiger partial charge in [0.15, 0.2) is 5.76 Å². The maximum Gasteiger partial charge on any atom is 0.289 e. The number of hydrogen-bond acceptors (Lipinski definition) is 4. The lowest BCUT2D eigenvalue weighted by Gasteiger charge is -2.15. The maximum atomic E-state index is 12.3. The molecule has 0 N–H and O–H groups in total. The van der Waals surface area contributed by atoms with Crippen LogP contribution in [-0.4, -0.2) is 38.7 Å². The van der Waals surface area contributed by atoms with Gasteiger partial charge in [0.05, 0.1) is 6.26 Å². The third kappa shape index (κ3) is 2.82. The van der Waals surface area contributed by atoms with Gasteiger partial charge < -0.3 is 9.32 Å². The minimum atomic E-state index is -0.0352. The molecule has 6 nitrogen and oxygen atoms in total. The highest BCUT2D eigenvalue weighted by molar-refractivity contribution is 5.91. The van der Waals surface area contributed by atoms with Gasteiger partial charge in [-0.3, -0.25) is 9.36 Å². The van der Waals surface area contributed by atoms with Gasteiger partial charge in [-0.05, 0) is 36.6 Å². The Morgan fingerprint density at radius 2 is 2.08 bits per heavy atom. The van der Waals surface area contributed by atoms with E-state index in [1.54, 1.807) is 18.5 Å². The van der Waals surface area contributed by atoms with Crippen LogP contribution in [0.2, 0.25) is 0 Å². The molecule has 0 spiro atoms. The fourth-order valence-corrected chi connectivity index (χ4v) is 3.20. The number of rotatable bonds is 4. The second-order valence-corrected chi connectivity index (χ2v) is 6.04. The van der Waals surface area contributed by atoms with Crippen molar-refractivity contribution in [3.05, 3.63) is 66.6 Å². The second-order valence-electron chi connectivity index (χ2n) is 6.04.